The van der Waals surface area contributed by atoms with E-state index in [1.54, 1.807) is 6.07 Å². The van der Waals surface area contributed by atoms with E-state index in [0.29, 0.717) is 24.4 Å². The van der Waals surface area contributed by atoms with Crippen LogP contribution < -0.4 is 11.1 Å². The summed E-state index contributed by atoms with van der Waals surface area (Å²) < 4.78 is 0. The van der Waals surface area contributed by atoms with Gasteiger partial charge in [-0.3, -0.25) is 4.79 Å². The van der Waals surface area contributed by atoms with Crippen molar-refractivity contribution in [2.75, 3.05) is 5.32 Å². The van der Waals surface area contributed by atoms with E-state index in [1.165, 1.54) is 0 Å². The third-order valence-corrected chi connectivity index (χ3v) is 2.75. The number of carbonyl (C=O) groups excluding carboxylic acids is 1. The molecule has 2 rings (SSSR count). The molecule has 1 heterocycles. The number of carbonyl (C=O) groups is 1. The molecule has 0 spiro atoms. The number of aromatic amines is 1. The molecule has 2 aromatic rings. The number of nitrogens with two attached hydrogens (primary N) is 1. The Morgan fingerprint density at radius 3 is 2.90 bits per heavy atom. The van der Waals surface area contributed by atoms with Gasteiger partial charge in [0.25, 0.3) is 0 Å². The molecular formula is C13H18N6O. The number of hydrogen-bond donors (Lipinski definition) is 3. The first-order valence-corrected chi connectivity index (χ1v) is 6.37. The average Bonchev–Trinajstić information content (AvgIpc) is 2.90. The van der Waals surface area contributed by atoms with E-state index >= 15 is 0 Å². The summed E-state index contributed by atoms with van der Waals surface area (Å²) in [5.74, 6) is 0.429. The second-order valence-corrected chi connectivity index (χ2v) is 5.35. The van der Waals surface area contributed by atoms with E-state index in [2.05, 4.69) is 25.9 Å². The van der Waals surface area contributed by atoms with Crippen LogP contribution in [0.25, 0.3) is 11.4 Å². The van der Waals surface area contributed by atoms with Crippen LogP contribution in [0, 0.1) is 0 Å². The lowest BCUT2D eigenvalue weighted by molar-refractivity contribution is -0.116. The number of amides is 1. The van der Waals surface area contributed by atoms with E-state index in [4.69, 9.17) is 5.73 Å². The summed E-state index contributed by atoms with van der Waals surface area (Å²) in [6, 6.07) is 7.29. The number of tetrazole rings is 1. The van der Waals surface area contributed by atoms with Crippen LogP contribution in [0.4, 0.5) is 5.69 Å². The van der Waals surface area contributed by atoms with E-state index in [1.807, 2.05) is 32.0 Å². The lowest BCUT2D eigenvalue weighted by Gasteiger charge is -2.17. The second kappa shape index (κ2) is 5.79. The standard InChI is InChI=1S/C13H18N6O/c1-13(2,14)7-6-11(20)15-10-5-3-4-9(8-10)12-16-18-19-17-12/h3-5,8H,6-7,14H2,1-2H3,(H,15,20)(H,16,17,18,19). The molecule has 0 atom stereocenters. The van der Waals surface area contributed by atoms with Gasteiger partial charge in [-0.1, -0.05) is 12.1 Å². The Bertz CT molecular complexity index is 573. The second-order valence-electron chi connectivity index (χ2n) is 5.35. The highest BCUT2D eigenvalue weighted by Gasteiger charge is 2.13. The Morgan fingerprint density at radius 1 is 1.45 bits per heavy atom. The van der Waals surface area contributed by atoms with Gasteiger partial charge in [0.05, 0.1) is 0 Å². The predicted molar refractivity (Wildman–Crippen MR) is 75.7 cm³/mol. The molecule has 0 aliphatic carbocycles. The molecular weight excluding hydrogens is 256 g/mol. The van der Waals surface area contributed by atoms with Gasteiger partial charge >= 0.3 is 0 Å². The molecule has 0 unspecified atom stereocenters. The van der Waals surface area contributed by atoms with Crippen LogP contribution >= 0.6 is 0 Å². The number of benzene rings is 1. The molecule has 0 aliphatic rings. The number of anilines is 1. The minimum atomic E-state index is -0.343. The summed E-state index contributed by atoms with van der Waals surface area (Å²) >= 11 is 0. The maximum absolute atomic E-state index is 11.8. The number of H-pyrrole nitrogens is 1. The van der Waals surface area contributed by atoms with Crippen LogP contribution in [0.2, 0.25) is 0 Å². The lowest BCUT2D eigenvalue weighted by atomic mass is 10.00. The minimum absolute atomic E-state index is 0.0613. The Morgan fingerprint density at radius 2 is 2.25 bits per heavy atom. The smallest absolute Gasteiger partial charge is 0.224 e. The Labute approximate surface area is 117 Å². The Balaban J connectivity index is 2.00. The first kappa shape index (κ1) is 14.1. The molecule has 0 saturated heterocycles. The first-order chi connectivity index (χ1) is 9.44. The molecule has 4 N–H and O–H groups in total. The molecule has 0 radical (unpaired) electrons. The highest BCUT2D eigenvalue weighted by atomic mass is 16.1. The fraction of sp³-hybridized carbons (Fsp3) is 0.385. The summed E-state index contributed by atoms with van der Waals surface area (Å²) in [6.07, 6.45) is 1.01. The molecule has 7 nitrogen and oxygen atoms in total. The van der Waals surface area contributed by atoms with Gasteiger partial charge in [0.1, 0.15) is 0 Å². The van der Waals surface area contributed by atoms with Crippen LogP contribution in [0.1, 0.15) is 26.7 Å². The third kappa shape index (κ3) is 4.13. The van der Waals surface area contributed by atoms with Gasteiger partial charge in [-0.25, -0.2) is 0 Å². The molecule has 1 aromatic carbocycles. The van der Waals surface area contributed by atoms with Crippen molar-refractivity contribution in [1.29, 1.82) is 0 Å². The van der Waals surface area contributed by atoms with Crippen LogP contribution in [0.3, 0.4) is 0 Å². The Hall–Kier alpha value is -2.28. The van der Waals surface area contributed by atoms with Crippen LogP contribution in [-0.2, 0) is 4.79 Å². The first-order valence-electron chi connectivity index (χ1n) is 6.37. The van der Waals surface area contributed by atoms with Gasteiger partial charge in [0.15, 0.2) is 0 Å². The number of hydrogen-bond acceptors (Lipinski definition) is 5. The van der Waals surface area contributed by atoms with Crippen LogP contribution in [0.5, 0.6) is 0 Å². The summed E-state index contributed by atoms with van der Waals surface area (Å²) in [7, 11) is 0. The molecule has 0 saturated carbocycles. The van der Waals surface area contributed by atoms with Crippen molar-refractivity contribution < 1.29 is 4.79 Å². The van der Waals surface area contributed by atoms with Gasteiger partial charge < -0.3 is 11.1 Å². The molecule has 20 heavy (non-hydrogen) atoms. The van der Waals surface area contributed by atoms with Crippen molar-refractivity contribution in [2.45, 2.75) is 32.2 Å². The zero-order valence-electron chi connectivity index (χ0n) is 11.6. The van der Waals surface area contributed by atoms with Crippen LogP contribution in [-0.4, -0.2) is 32.1 Å². The number of rotatable bonds is 5. The van der Waals surface area contributed by atoms with Crippen molar-refractivity contribution >= 4 is 11.6 Å². The predicted octanol–water partition coefficient (Wildman–Crippen LogP) is 1.32. The molecule has 7 heteroatoms. The van der Waals surface area contributed by atoms with Crippen molar-refractivity contribution in [1.82, 2.24) is 20.6 Å². The normalized spacial score (nSPS) is 11.3. The van der Waals surface area contributed by atoms with Crippen molar-refractivity contribution in [3.8, 4) is 11.4 Å². The molecule has 0 bridgehead atoms. The van der Waals surface area contributed by atoms with Gasteiger partial charge in [-0.15, -0.1) is 10.2 Å². The average molecular weight is 274 g/mol. The van der Waals surface area contributed by atoms with Gasteiger partial charge in [-0.05, 0) is 37.6 Å². The third-order valence-electron chi connectivity index (χ3n) is 2.75. The summed E-state index contributed by atoms with van der Waals surface area (Å²) in [5.41, 5.74) is 7.00. The fourth-order valence-electron chi connectivity index (χ4n) is 1.68. The highest BCUT2D eigenvalue weighted by molar-refractivity contribution is 5.91. The largest absolute Gasteiger partial charge is 0.326 e. The van der Waals surface area contributed by atoms with E-state index in [9.17, 15) is 4.79 Å². The zero-order chi connectivity index (χ0) is 14.6. The highest BCUT2D eigenvalue weighted by Crippen LogP contribution is 2.18. The van der Waals surface area contributed by atoms with Gasteiger partial charge in [0, 0.05) is 23.2 Å². The van der Waals surface area contributed by atoms with Crippen molar-refractivity contribution in [3.63, 3.8) is 0 Å². The minimum Gasteiger partial charge on any atom is -0.326 e. The summed E-state index contributed by atoms with van der Waals surface area (Å²) in [5, 5.41) is 16.5. The number of aromatic nitrogens is 4. The van der Waals surface area contributed by atoms with E-state index in [-0.39, 0.29) is 11.4 Å². The molecule has 1 amide bonds. The topological polar surface area (TPSA) is 110 Å². The lowest BCUT2D eigenvalue weighted by Crippen LogP contribution is -2.33. The number of nitrogens with one attached hydrogen (secondary N) is 2. The fourth-order valence-corrected chi connectivity index (χ4v) is 1.68. The Kier molecular flexibility index (Phi) is 4.09. The van der Waals surface area contributed by atoms with E-state index in [0.717, 1.165) is 5.56 Å². The van der Waals surface area contributed by atoms with E-state index < -0.39 is 0 Å². The molecule has 1 aromatic heterocycles. The molecule has 0 aliphatic heterocycles. The van der Waals surface area contributed by atoms with Crippen LogP contribution in [0.15, 0.2) is 24.3 Å². The summed E-state index contributed by atoms with van der Waals surface area (Å²) in [6.45, 7) is 3.80. The molecule has 106 valence electrons. The zero-order valence-corrected chi connectivity index (χ0v) is 11.6. The quantitative estimate of drug-likeness (QED) is 0.761. The number of nitrogens with zero attached hydrogens (tertiary/aromatic N) is 3. The van der Waals surface area contributed by atoms with Crippen molar-refractivity contribution in [2.24, 2.45) is 5.73 Å². The van der Waals surface area contributed by atoms with Gasteiger partial charge in [0.2, 0.25) is 11.7 Å². The monoisotopic (exact) mass is 274 g/mol. The SMILES string of the molecule is CC(C)(N)CCC(=O)Nc1cccc(-c2nn[nH]n2)c1. The van der Waals surface area contributed by atoms with Crippen molar-refractivity contribution in [3.05, 3.63) is 24.3 Å². The molecule has 0 fully saturated rings. The van der Waals surface area contributed by atoms with Gasteiger partial charge in [-0.2, -0.15) is 5.21 Å². The summed E-state index contributed by atoms with van der Waals surface area (Å²) in [4.78, 5) is 11.8. The maximum atomic E-state index is 11.8. The maximum Gasteiger partial charge on any atom is 0.224 e.